The van der Waals surface area contributed by atoms with Gasteiger partial charge in [-0.3, -0.25) is 24.4 Å². The Bertz CT molecular complexity index is 2130. The number of aromatic nitrogens is 3. The van der Waals surface area contributed by atoms with Gasteiger partial charge in [0.05, 0.1) is 47.0 Å². The van der Waals surface area contributed by atoms with Crippen LogP contribution in [0, 0.1) is 23.2 Å². The van der Waals surface area contributed by atoms with E-state index in [0.717, 1.165) is 49.7 Å². The average Bonchev–Trinajstić information content (AvgIpc) is 3.45. The molecule has 3 aromatic heterocycles. The van der Waals surface area contributed by atoms with E-state index in [9.17, 15) is 14.4 Å². The zero-order valence-electron chi connectivity index (χ0n) is 34.8. The number of benzene rings is 1. The summed E-state index contributed by atoms with van der Waals surface area (Å²) < 4.78 is 20.6. The average molecular weight is 799 g/mol. The molecule has 0 radical (unpaired) electrons. The number of ether oxygens (including phenoxy) is 3. The van der Waals surface area contributed by atoms with Crippen LogP contribution in [0.2, 0.25) is 0 Å². The summed E-state index contributed by atoms with van der Waals surface area (Å²) in [5.74, 6) is -0.414. The molecule has 2 aliphatic heterocycles. The van der Waals surface area contributed by atoms with Crippen molar-refractivity contribution >= 4 is 40.0 Å². The van der Waals surface area contributed by atoms with Crippen molar-refractivity contribution in [3.63, 3.8) is 0 Å². The number of rotatable bonds is 8. The number of carbonyl (C=O) groups is 3. The van der Waals surface area contributed by atoms with E-state index in [1.54, 1.807) is 13.3 Å². The summed E-state index contributed by atoms with van der Waals surface area (Å²) in [4.78, 5) is 51.3. The van der Waals surface area contributed by atoms with E-state index in [1.165, 1.54) is 16.3 Å². The molecule has 57 heavy (non-hydrogen) atoms. The Morgan fingerprint density at radius 3 is 2.67 bits per heavy atom. The Hall–Kier alpha value is -4.17. The number of methoxy groups -OCH3 is 1. The Labute approximate surface area is 340 Å². The van der Waals surface area contributed by atoms with Crippen molar-refractivity contribution in [3.05, 3.63) is 58.2 Å². The van der Waals surface area contributed by atoms with Gasteiger partial charge in [0.1, 0.15) is 12.1 Å². The van der Waals surface area contributed by atoms with Crippen LogP contribution >= 0.6 is 11.3 Å². The second-order valence-corrected chi connectivity index (χ2v) is 18.8. The number of esters is 1. The Morgan fingerprint density at radius 2 is 1.95 bits per heavy atom. The first kappa shape index (κ1) is 41.0. The molecule has 2 amide bonds. The number of hydrogen-bond acceptors (Lipinski definition) is 10. The molecule has 4 aromatic rings. The van der Waals surface area contributed by atoms with E-state index in [2.05, 4.69) is 88.0 Å². The first-order chi connectivity index (χ1) is 27.0. The molecule has 5 heterocycles. The van der Waals surface area contributed by atoms with Crippen molar-refractivity contribution in [3.8, 4) is 22.5 Å². The summed E-state index contributed by atoms with van der Waals surface area (Å²) in [7, 11) is 1.70. The number of amides is 2. The minimum atomic E-state index is -0.847. The van der Waals surface area contributed by atoms with Crippen LogP contribution in [0.3, 0.4) is 0 Å². The lowest BCUT2D eigenvalue weighted by atomic mass is 9.84. The fourth-order valence-electron chi connectivity index (χ4n) is 8.32. The predicted molar refractivity (Wildman–Crippen MR) is 221 cm³/mol. The standard InChI is InChI=1S/C44H58N6O6S/c1-25-26(2)37(25)40(51)47-33-21-36-46-34(23-57-36)28-14-15-35-30(20-28)31(22-44(7,8)24-55-42(53)32-13-11-17-50(48-32)41(33)52)39(49(35)18-19-56-43(4,5)6)29-12-10-16-45-38(29)27(3)54-9/h10,12,14-16,20,23,25-27,32-33,37,48H,11,13,17-19,21-22,24H2,1-9H3,(H,47,51)/t25-,26+,27-,32-,33-,37+/m0/s1. The van der Waals surface area contributed by atoms with Gasteiger partial charge in [0.25, 0.3) is 5.91 Å². The molecule has 6 atom stereocenters. The van der Waals surface area contributed by atoms with E-state index < -0.39 is 23.5 Å². The van der Waals surface area contributed by atoms with Gasteiger partial charge in [-0.25, -0.2) is 10.4 Å². The summed E-state index contributed by atoms with van der Waals surface area (Å²) in [5.41, 5.74) is 9.08. The maximum Gasteiger partial charge on any atom is 0.324 e. The fourth-order valence-corrected chi connectivity index (χ4v) is 9.17. The summed E-state index contributed by atoms with van der Waals surface area (Å²) in [6.45, 7) is 18.2. The highest BCUT2D eigenvalue weighted by Gasteiger charge is 2.49. The Balaban J connectivity index is 1.37. The summed E-state index contributed by atoms with van der Waals surface area (Å²) >= 11 is 1.48. The molecule has 1 aliphatic carbocycles. The molecule has 6 bridgehead atoms. The molecule has 2 fully saturated rings. The first-order valence-corrected chi connectivity index (χ1v) is 21.2. The van der Waals surface area contributed by atoms with Crippen molar-refractivity contribution < 1.29 is 28.6 Å². The van der Waals surface area contributed by atoms with Crippen molar-refractivity contribution in [1.29, 1.82) is 0 Å². The highest BCUT2D eigenvalue weighted by atomic mass is 32.1. The molecular weight excluding hydrogens is 741 g/mol. The van der Waals surface area contributed by atoms with Gasteiger partial charge in [-0.15, -0.1) is 11.3 Å². The van der Waals surface area contributed by atoms with Gasteiger partial charge in [0.15, 0.2) is 0 Å². The van der Waals surface area contributed by atoms with Gasteiger partial charge < -0.3 is 24.1 Å². The predicted octanol–water partition coefficient (Wildman–Crippen LogP) is 6.90. The van der Waals surface area contributed by atoms with E-state index in [1.807, 2.05) is 18.4 Å². The number of cyclic esters (lactones) is 1. The second-order valence-electron chi connectivity index (χ2n) is 17.9. The summed E-state index contributed by atoms with van der Waals surface area (Å²) in [5, 5.41) is 8.40. The largest absolute Gasteiger partial charge is 0.464 e. The lowest BCUT2D eigenvalue weighted by Gasteiger charge is -2.35. The van der Waals surface area contributed by atoms with Crippen molar-refractivity contribution in [2.75, 3.05) is 26.9 Å². The van der Waals surface area contributed by atoms with E-state index in [4.69, 9.17) is 24.2 Å². The van der Waals surface area contributed by atoms with Crippen LogP contribution in [0.5, 0.6) is 0 Å². The number of nitrogens with one attached hydrogen (secondary N) is 2. The third-order valence-corrected chi connectivity index (χ3v) is 12.7. The summed E-state index contributed by atoms with van der Waals surface area (Å²) in [6.07, 6.45) is 3.51. The van der Waals surface area contributed by atoms with E-state index >= 15 is 0 Å². The van der Waals surface area contributed by atoms with Gasteiger partial charge in [0.2, 0.25) is 5.91 Å². The normalized spacial score (nSPS) is 24.5. The molecular formula is C44H58N6O6S. The van der Waals surface area contributed by atoms with Gasteiger partial charge >= 0.3 is 5.97 Å². The zero-order chi connectivity index (χ0) is 40.8. The lowest BCUT2D eigenvalue weighted by Crippen LogP contribution is -2.60. The number of hydrogen-bond donors (Lipinski definition) is 2. The number of hydrazine groups is 1. The molecule has 1 saturated carbocycles. The minimum Gasteiger partial charge on any atom is -0.464 e. The molecule has 0 spiro atoms. The van der Waals surface area contributed by atoms with Crippen LogP contribution in [0.1, 0.15) is 90.6 Å². The Kier molecular flexibility index (Phi) is 11.7. The van der Waals surface area contributed by atoms with Gasteiger partial charge in [-0.2, -0.15) is 0 Å². The highest BCUT2D eigenvalue weighted by Crippen LogP contribution is 2.46. The molecule has 1 aromatic carbocycles. The van der Waals surface area contributed by atoms with Crippen LogP contribution < -0.4 is 10.7 Å². The van der Waals surface area contributed by atoms with Crippen molar-refractivity contribution in [2.45, 2.75) is 111 Å². The molecule has 12 nitrogen and oxygen atoms in total. The molecule has 13 heteroatoms. The number of pyridine rings is 1. The maximum absolute atomic E-state index is 14.2. The fraction of sp³-hybridized carbons (Fsp3) is 0.568. The van der Waals surface area contributed by atoms with E-state index in [-0.39, 0.29) is 54.3 Å². The molecule has 3 aliphatic rings. The quantitative estimate of drug-likeness (QED) is 0.183. The van der Waals surface area contributed by atoms with Gasteiger partial charge in [0, 0.05) is 71.6 Å². The Morgan fingerprint density at radius 1 is 1.18 bits per heavy atom. The number of carbonyl (C=O) groups excluding carboxylic acids is 3. The van der Waals surface area contributed by atoms with Crippen molar-refractivity contribution in [1.82, 2.24) is 30.3 Å². The van der Waals surface area contributed by atoms with E-state index in [0.29, 0.717) is 39.0 Å². The maximum atomic E-state index is 14.2. The van der Waals surface area contributed by atoms with Crippen molar-refractivity contribution in [2.24, 2.45) is 23.2 Å². The summed E-state index contributed by atoms with van der Waals surface area (Å²) in [6, 6.07) is 8.98. The monoisotopic (exact) mass is 798 g/mol. The van der Waals surface area contributed by atoms with Gasteiger partial charge in [-0.05, 0) is 88.6 Å². The number of fused-ring (bicyclic) bond motifs is 6. The van der Waals surface area contributed by atoms with Crippen LogP contribution in [0.15, 0.2) is 41.9 Å². The first-order valence-electron chi connectivity index (χ1n) is 20.3. The van der Waals surface area contributed by atoms with Crippen LogP contribution in [-0.2, 0) is 48.0 Å². The van der Waals surface area contributed by atoms with Gasteiger partial charge in [-0.1, -0.05) is 33.8 Å². The lowest BCUT2D eigenvalue weighted by molar-refractivity contribution is -0.155. The topological polar surface area (TPSA) is 137 Å². The molecule has 0 unspecified atom stereocenters. The van der Waals surface area contributed by atoms with Crippen LogP contribution in [0.4, 0.5) is 0 Å². The number of nitrogens with zero attached hydrogens (tertiary/aromatic N) is 4. The molecule has 7 rings (SSSR count). The zero-order valence-corrected chi connectivity index (χ0v) is 35.6. The second kappa shape index (κ2) is 16.2. The smallest absolute Gasteiger partial charge is 0.324 e. The molecule has 1 saturated heterocycles. The SMILES string of the molecule is CO[C@@H](C)c1ncccc1-c1c2c3cc(ccc3n1CCOC(C)(C)C)-c1csc(n1)C[C@H](NC(=O)[C@H]1[C@H](C)[C@@H]1C)C(=O)N1CCC[C@H](N1)C(=O)OCC(C)(C)C2. The molecule has 306 valence electrons. The highest BCUT2D eigenvalue weighted by molar-refractivity contribution is 7.10. The van der Waals surface area contributed by atoms with Crippen LogP contribution in [-0.4, -0.2) is 81.9 Å². The minimum absolute atomic E-state index is 0.120. The third kappa shape index (κ3) is 8.81. The van der Waals surface area contributed by atoms with Crippen LogP contribution in [0.25, 0.3) is 33.4 Å². The third-order valence-electron chi connectivity index (χ3n) is 11.8. The number of thiazole rings is 1. The molecule has 2 N–H and O–H groups in total.